The van der Waals surface area contributed by atoms with E-state index in [-0.39, 0.29) is 0 Å². The van der Waals surface area contributed by atoms with Gasteiger partial charge in [0.2, 0.25) is 0 Å². The summed E-state index contributed by atoms with van der Waals surface area (Å²) >= 11 is 3.49. The van der Waals surface area contributed by atoms with Gasteiger partial charge in [-0.15, -0.1) is 0 Å². The fraction of sp³-hybridized carbons (Fsp3) is 0.308. The summed E-state index contributed by atoms with van der Waals surface area (Å²) in [7, 11) is 0. The second-order valence-electron chi connectivity index (χ2n) is 4.00. The Morgan fingerprint density at radius 1 is 1.41 bits per heavy atom. The Morgan fingerprint density at radius 2 is 2.24 bits per heavy atom. The van der Waals surface area contributed by atoms with Gasteiger partial charge in [0.05, 0.1) is 0 Å². The number of unbranched alkanes of at least 4 members (excludes halogenated alkanes) is 1. The molecular weight excluding hydrogens is 278 g/mol. The summed E-state index contributed by atoms with van der Waals surface area (Å²) in [6, 6.07) is 5.90. The van der Waals surface area contributed by atoms with E-state index < -0.39 is 0 Å². The van der Waals surface area contributed by atoms with Crippen LogP contribution in [0.4, 0.5) is 11.5 Å². The van der Waals surface area contributed by atoms with Crippen LogP contribution >= 0.6 is 15.9 Å². The molecule has 0 aliphatic rings. The zero-order valence-corrected chi connectivity index (χ0v) is 11.4. The van der Waals surface area contributed by atoms with Crippen LogP contribution in [-0.2, 0) is 0 Å². The Balaban J connectivity index is 2.44. The molecule has 0 aliphatic heterocycles. The zero-order chi connectivity index (χ0) is 12.3. The molecule has 0 radical (unpaired) electrons. The van der Waals surface area contributed by atoms with Gasteiger partial charge in [-0.25, -0.2) is 4.98 Å². The molecule has 1 heterocycles. The second kappa shape index (κ2) is 5.36. The van der Waals surface area contributed by atoms with Gasteiger partial charge in [0, 0.05) is 33.7 Å². The van der Waals surface area contributed by atoms with Crippen molar-refractivity contribution < 1.29 is 0 Å². The monoisotopic (exact) mass is 293 g/mol. The average molecular weight is 294 g/mol. The Kier molecular flexibility index (Phi) is 3.84. The predicted octanol–water partition coefficient (Wildman–Crippen LogP) is 3.79. The minimum Gasteiger partial charge on any atom is -0.398 e. The summed E-state index contributed by atoms with van der Waals surface area (Å²) < 4.78 is 0.937. The van der Waals surface area contributed by atoms with E-state index in [1.165, 1.54) is 6.42 Å². The first-order chi connectivity index (χ1) is 8.24. The largest absolute Gasteiger partial charge is 0.398 e. The summed E-state index contributed by atoms with van der Waals surface area (Å²) in [5.41, 5.74) is 6.77. The van der Waals surface area contributed by atoms with Gasteiger partial charge in [-0.1, -0.05) is 25.5 Å². The maximum absolute atomic E-state index is 6.00. The molecule has 0 unspecified atom stereocenters. The Morgan fingerprint density at radius 3 is 3.00 bits per heavy atom. The molecule has 0 saturated carbocycles. The number of anilines is 2. The summed E-state index contributed by atoms with van der Waals surface area (Å²) in [6.45, 7) is 3.11. The van der Waals surface area contributed by atoms with Crippen LogP contribution < -0.4 is 11.1 Å². The summed E-state index contributed by atoms with van der Waals surface area (Å²) in [4.78, 5) is 4.41. The average Bonchev–Trinajstić information content (AvgIpc) is 2.32. The first-order valence-electron chi connectivity index (χ1n) is 5.80. The highest BCUT2D eigenvalue weighted by atomic mass is 79.9. The number of rotatable bonds is 4. The van der Waals surface area contributed by atoms with Crippen molar-refractivity contribution in [3.05, 3.63) is 28.9 Å². The van der Waals surface area contributed by atoms with E-state index >= 15 is 0 Å². The lowest BCUT2D eigenvalue weighted by Gasteiger charge is -2.10. The van der Waals surface area contributed by atoms with Crippen molar-refractivity contribution in [2.45, 2.75) is 19.8 Å². The lowest BCUT2D eigenvalue weighted by Crippen LogP contribution is -2.04. The van der Waals surface area contributed by atoms with Crippen LogP contribution in [0.2, 0.25) is 0 Å². The summed E-state index contributed by atoms with van der Waals surface area (Å²) in [5.74, 6) is 0.906. The van der Waals surface area contributed by atoms with Gasteiger partial charge in [0.15, 0.2) is 0 Å². The Hall–Kier alpha value is -1.29. The molecule has 2 rings (SSSR count). The van der Waals surface area contributed by atoms with E-state index in [4.69, 9.17) is 5.73 Å². The number of nitrogen functional groups attached to an aromatic ring is 1. The molecule has 0 aliphatic carbocycles. The van der Waals surface area contributed by atoms with Gasteiger partial charge >= 0.3 is 0 Å². The molecule has 17 heavy (non-hydrogen) atoms. The van der Waals surface area contributed by atoms with Crippen LogP contribution in [0.25, 0.3) is 10.8 Å². The molecule has 0 bridgehead atoms. The zero-order valence-electron chi connectivity index (χ0n) is 9.83. The molecule has 3 N–H and O–H groups in total. The minimum absolute atomic E-state index is 0.773. The van der Waals surface area contributed by atoms with Gasteiger partial charge in [0.1, 0.15) is 5.82 Å². The van der Waals surface area contributed by atoms with E-state index in [0.717, 1.165) is 39.7 Å². The third-order valence-corrected chi connectivity index (χ3v) is 3.32. The third-order valence-electron chi connectivity index (χ3n) is 2.72. The van der Waals surface area contributed by atoms with Crippen LogP contribution in [0.1, 0.15) is 19.8 Å². The van der Waals surface area contributed by atoms with Crippen LogP contribution in [0.15, 0.2) is 28.9 Å². The molecule has 2 aromatic rings. The number of nitrogens with two attached hydrogens (primary N) is 1. The normalized spacial score (nSPS) is 10.7. The third kappa shape index (κ3) is 2.52. The Bertz CT molecular complexity index is 517. The van der Waals surface area contributed by atoms with Gasteiger partial charge in [0.25, 0.3) is 0 Å². The van der Waals surface area contributed by atoms with Crippen LogP contribution in [0, 0.1) is 0 Å². The van der Waals surface area contributed by atoms with E-state index in [1.807, 2.05) is 18.2 Å². The molecule has 3 nitrogen and oxygen atoms in total. The number of pyridine rings is 1. The highest BCUT2D eigenvalue weighted by Crippen LogP contribution is 2.32. The van der Waals surface area contributed by atoms with Crippen molar-refractivity contribution in [2.75, 3.05) is 17.6 Å². The maximum atomic E-state index is 6.00. The van der Waals surface area contributed by atoms with E-state index in [2.05, 4.69) is 33.2 Å². The summed E-state index contributed by atoms with van der Waals surface area (Å²) in [5, 5.41) is 5.45. The standard InChI is InChI=1S/C13H16BrN3/c1-2-3-7-16-13-9-5-4-6-11(15)12(9)10(14)8-17-13/h4-6,8H,2-3,7,15H2,1H3,(H,16,17). The molecule has 1 aromatic carbocycles. The first kappa shape index (κ1) is 12.2. The Labute approximate surface area is 110 Å². The van der Waals surface area contributed by atoms with Gasteiger partial charge in [-0.3, -0.25) is 0 Å². The highest BCUT2D eigenvalue weighted by Gasteiger charge is 2.07. The van der Waals surface area contributed by atoms with Crippen molar-refractivity contribution in [2.24, 2.45) is 0 Å². The molecule has 1 aromatic heterocycles. The predicted molar refractivity (Wildman–Crippen MR) is 77.3 cm³/mol. The number of halogens is 1. The highest BCUT2D eigenvalue weighted by molar-refractivity contribution is 9.10. The number of fused-ring (bicyclic) bond motifs is 1. The minimum atomic E-state index is 0.773. The molecule has 4 heteroatoms. The van der Waals surface area contributed by atoms with Crippen molar-refractivity contribution in [1.82, 2.24) is 4.98 Å². The van der Waals surface area contributed by atoms with Crippen molar-refractivity contribution in [3.63, 3.8) is 0 Å². The van der Waals surface area contributed by atoms with Crippen LogP contribution in [0.5, 0.6) is 0 Å². The fourth-order valence-corrected chi connectivity index (χ4v) is 2.36. The SMILES string of the molecule is CCCCNc1ncc(Br)c2c(N)cccc12. The summed E-state index contributed by atoms with van der Waals surface area (Å²) in [6.07, 6.45) is 4.11. The van der Waals surface area contributed by atoms with Gasteiger partial charge < -0.3 is 11.1 Å². The number of nitrogens with one attached hydrogen (secondary N) is 1. The molecule has 0 spiro atoms. The molecule has 0 atom stereocenters. The fourth-order valence-electron chi connectivity index (χ4n) is 1.81. The van der Waals surface area contributed by atoms with Gasteiger partial charge in [-0.2, -0.15) is 0 Å². The molecule has 0 amide bonds. The van der Waals surface area contributed by atoms with Crippen molar-refractivity contribution >= 4 is 38.2 Å². The quantitative estimate of drug-likeness (QED) is 0.666. The molecule has 0 saturated heterocycles. The van der Waals surface area contributed by atoms with E-state index in [9.17, 15) is 0 Å². The molecule has 0 fully saturated rings. The molecular formula is C13H16BrN3. The molecule has 90 valence electrons. The van der Waals surface area contributed by atoms with E-state index in [0.29, 0.717) is 0 Å². The van der Waals surface area contributed by atoms with Crippen LogP contribution in [-0.4, -0.2) is 11.5 Å². The lowest BCUT2D eigenvalue weighted by molar-refractivity contribution is 0.832. The number of hydrogen-bond donors (Lipinski definition) is 2. The van der Waals surface area contributed by atoms with Crippen molar-refractivity contribution in [3.8, 4) is 0 Å². The maximum Gasteiger partial charge on any atom is 0.133 e. The second-order valence-corrected chi connectivity index (χ2v) is 4.86. The van der Waals surface area contributed by atoms with Crippen LogP contribution in [0.3, 0.4) is 0 Å². The number of aromatic nitrogens is 1. The number of nitrogens with zero attached hydrogens (tertiary/aromatic N) is 1. The first-order valence-corrected chi connectivity index (χ1v) is 6.60. The number of hydrogen-bond acceptors (Lipinski definition) is 3. The lowest BCUT2D eigenvalue weighted by atomic mass is 10.1. The topological polar surface area (TPSA) is 50.9 Å². The van der Waals surface area contributed by atoms with E-state index in [1.54, 1.807) is 6.20 Å². The van der Waals surface area contributed by atoms with Crippen molar-refractivity contribution in [1.29, 1.82) is 0 Å². The smallest absolute Gasteiger partial charge is 0.133 e. The van der Waals surface area contributed by atoms with Gasteiger partial charge in [-0.05, 0) is 28.4 Å². The number of benzene rings is 1.